The monoisotopic (exact) mass is 427 g/mol. The van der Waals surface area contributed by atoms with Gasteiger partial charge in [0.25, 0.3) is 0 Å². The van der Waals surface area contributed by atoms with Gasteiger partial charge in [0.2, 0.25) is 0 Å². The smallest absolute Gasteiger partial charge is 0.256 e. The zero-order chi connectivity index (χ0) is 22.5. The van der Waals surface area contributed by atoms with Crippen molar-refractivity contribution in [2.75, 3.05) is 0 Å². The number of pyridine rings is 1. The van der Waals surface area contributed by atoms with Crippen LogP contribution in [0, 0.1) is 13.8 Å². The number of hydrogen-bond donors (Lipinski definition) is 0. The molecule has 0 aliphatic heterocycles. The van der Waals surface area contributed by atoms with Crippen molar-refractivity contribution in [3.8, 4) is 22.4 Å². The highest BCUT2D eigenvalue weighted by molar-refractivity contribution is 6.08. The summed E-state index contributed by atoms with van der Waals surface area (Å²) in [5.41, 5.74) is 3.35. The molecule has 0 atom stereocenters. The van der Waals surface area contributed by atoms with Gasteiger partial charge in [0.15, 0.2) is 0 Å². The van der Waals surface area contributed by atoms with Gasteiger partial charge >= 0.3 is 6.18 Å². The van der Waals surface area contributed by atoms with Crippen molar-refractivity contribution >= 4 is 21.5 Å². The van der Waals surface area contributed by atoms with Gasteiger partial charge in [-0.25, -0.2) is 0 Å². The van der Waals surface area contributed by atoms with Crippen molar-refractivity contribution < 1.29 is 13.2 Å². The Kier molecular flexibility index (Phi) is 4.74. The number of fused-ring (bicyclic) bond motifs is 3. The second kappa shape index (κ2) is 7.49. The lowest BCUT2D eigenvalue weighted by molar-refractivity contribution is -0.137. The Bertz CT molecular complexity index is 1460. The van der Waals surface area contributed by atoms with Crippen molar-refractivity contribution in [3.63, 3.8) is 0 Å². The largest absolute Gasteiger partial charge is 0.418 e. The molecular formula is C28H20F3N. The molecule has 5 aromatic rings. The van der Waals surface area contributed by atoms with Crippen molar-refractivity contribution in [1.82, 2.24) is 4.98 Å². The maximum Gasteiger partial charge on any atom is 0.418 e. The Hall–Kier alpha value is -3.66. The lowest BCUT2D eigenvalue weighted by Crippen LogP contribution is -2.08. The van der Waals surface area contributed by atoms with Crippen LogP contribution in [0.3, 0.4) is 0 Å². The summed E-state index contributed by atoms with van der Waals surface area (Å²) in [6.45, 7) is 3.93. The first-order valence-corrected chi connectivity index (χ1v) is 10.4. The first kappa shape index (κ1) is 20.3. The highest BCUT2D eigenvalue weighted by Gasteiger charge is 2.34. The van der Waals surface area contributed by atoms with Gasteiger partial charge in [-0.3, -0.25) is 4.98 Å². The fourth-order valence-corrected chi connectivity index (χ4v) is 4.38. The van der Waals surface area contributed by atoms with Crippen LogP contribution in [0.25, 0.3) is 43.9 Å². The number of aromatic nitrogens is 1. The van der Waals surface area contributed by atoms with Crippen LogP contribution in [0.4, 0.5) is 13.2 Å². The van der Waals surface area contributed by atoms with E-state index in [1.54, 1.807) is 12.1 Å². The Morgan fingerprint density at radius 1 is 0.656 bits per heavy atom. The molecule has 0 saturated carbocycles. The first-order chi connectivity index (χ1) is 15.3. The molecule has 0 bridgehead atoms. The topological polar surface area (TPSA) is 12.9 Å². The van der Waals surface area contributed by atoms with E-state index in [4.69, 9.17) is 0 Å². The second-order valence-electron chi connectivity index (χ2n) is 8.21. The first-order valence-electron chi connectivity index (χ1n) is 10.4. The molecule has 0 saturated heterocycles. The van der Waals surface area contributed by atoms with E-state index in [0.717, 1.165) is 44.4 Å². The summed E-state index contributed by atoms with van der Waals surface area (Å²) >= 11 is 0. The molecule has 1 nitrogen and oxygen atoms in total. The SMILES string of the molecule is Cc1cc(C)cc(-c2cc(-c3ccc4c(ccc5ccccc54)c3)c(C(F)(F)F)cn2)c1. The third kappa shape index (κ3) is 3.62. The second-order valence-corrected chi connectivity index (χ2v) is 8.21. The third-order valence-electron chi connectivity index (χ3n) is 5.78. The van der Waals surface area contributed by atoms with Crippen molar-refractivity contribution in [2.24, 2.45) is 0 Å². The zero-order valence-corrected chi connectivity index (χ0v) is 17.7. The number of aryl methyl sites for hydroxylation is 2. The van der Waals surface area contributed by atoms with Crippen LogP contribution in [-0.2, 0) is 6.18 Å². The molecule has 158 valence electrons. The van der Waals surface area contributed by atoms with Crippen LogP contribution in [0.15, 0.2) is 85.1 Å². The van der Waals surface area contributed by atoms with Crippen LogP contribution in [-0.4, -0.2) is 4.98 Å². The molecular weight excluding hydrogens is 407 g/mol. The molecule has 0 spiro atoms. The Balaban J connectivity index is 1.73. The summed E-state index contributed by atoms with van der Waals surface area (Å²) in [4.78, 5) is 4.17. The molecule has 4 heteroatoms. The standard InChI is InChI=1S/C28H20F3N/c1-17-11-18(2)13-22(12-17)27-15-25(26(16-32-27)28(29,30)31)21-9-10-24-20(14-21)8-7-19-5-3-4-6-23(19)24/h3-16H,1-2H3. The molecule has 32 heavy (non-hydrogen) atoms. The van der Waals surface area contributed by atoms with Gasteiger partial charge < -0.3 is 0 Å². The predicted octanol–water partition coefficient (Wildman–Crippen LogP) is 8.36. The Labute approximate surface area is 184 Å². The Morgan fingerprint density at radius 3 is 2.09 bits per heavy atom. The van der Waals surface area contributed by atoms with Crippen LogP contribution in [0.1, 0.15) is 16.7 Å². The number of hydrogen-bond acceptors (Lipinski definition) is 1. The molecule has 5 rings (SSSR count). The molecule has 0 amide bonds. The average Bonchev–Trinajstić information content (AvgIpc) is 2.77. The molecule has 1 aromatic heterocycles. The van der Waals surface area contributed by atoms with E-state index in [1.807, 2.05) is 80.6 Å². The highest BCUT2D eigenvalue weighted by atomic mass is 19.4. The minimum absolute atomic E-state index is 0.136. The number of nitrogens with zero attached hydrogens (tertiary/aromatic N) is 1. The third-order valence-corrected chi connectivity index (χ3v) is 5.78. The van der Waals surface area contributed by atoms with E-state index < -0.39 is 11.7 Å². The van der Waals surface area contributed by atoms with Crippen LogP contribution in [0.2, 0.25) is 0 Å². The average molecular weight is 427 g/mol. The molecule has 0 radical (unpaired) electrons. The van der Waals surface area contributed by atoms with Crippen LogP contribution >= 0.6 is 0 Å². The lowest BCUT2D eigenvalue weighted by atomic mass is 9.94. The lowest BCUT2D eigenvalue weighted by Gasteiger charge is -2.15. The summed E-state index contributed by atoms with van der Waals surface area (Å²) in [6.07, 6.45) is -3.55. The molecule has 0 aliphatic carbocycles. The minimum atomic E-state index is -4.50. The molecule has 0 aliphatic rings. The molecule has 4 aromatic carbocycles. The molecule has 0 N–H and O–H groups in total. The quantitative estimate of drug-likeness (QED) is 0.258. The van der Waals surface area contributed by atoms with Gasteiger partial charge in [0.05, 0.1) is 11.3 Å². The summed E-state index contributed by atoms with van der Waals surface area (Å²) in [7, 11) is 0. The fraction of sp³-hybridized carbons (Fsp3) is 0.107. The molecule has 0 fully saturated rings. The van der Waals surface area contributed by atoms with E-state index in [0.29, 0.717) is 11.3 Å². The highest BCUT2D eigenvalue weighted by Crippen LogP contribution is 2.40. The molecule has 1 heterocycles. The number of benzene rings is 4. The van der Waals surface area contributed by atoms with Crippen LogP contribution in [0.5, 0.6) is 0 Å². The summed E-state index contributed by atoms with van der Waals surface area (Å²) in [5, 5.41) is 4.10. The number of rotatable bonds is 2. The van der Waals surface area contributed by atoms with Gasteiger partial charge in [-0.2, -0.15) is 13.2 Å². The van der Waals surface area contributed by atoms with E-state index in [9.17, 15) is 13.2 Å². The van der Waals surface area contributed by atoms with Gasteiger partial charge in [0.1, 0.15) is 0 Å². The van der Waals surface area contributed by atoms with Gasteiger partial charge in [-0.1, -0.05) is 65.7 Å². The normalized spacial score (nSPS) is 11.9. The fourth-order valence-electron chi connectivity index (χ4n) is 4.38. The minimum Gasteiger partial charge on any atom is -0.256 e. The van der Waals surface area contributed by atoms with E-state index in [2.05, 4.69) is 4.98 Å². The maximum atomic E-state index is 13.9. The van der Waals surface area contributed by atoms with E-state index >= 15 is 0 Å². The van der Waals surface area contributed by atoms with Crippen molar-refractivity contribution in [3.05, 3.63) is 102 Å². The summed E-state index contributed by atoms with van der Waals surface area (Å²) in [5.74, 6) is 0. The van der Waals surface area contributed by atoms with E-state index in [1.165, 1.54) is 0 Å². The molecule has 0 unspecified atom stereocenters. The van der Waals surface area contributed by atoms with E-state index in [-0.39, 0.29) is 5.56 Å². The van der Waals surface area contributed by atoms with Gasteiger partial charge in [0, 0.05) is 11.8 Å². The van der Waals surface area contributed by atoms with Crippen molar-refractivity contribution in [2.45, 2.75) is 20.0 Å². The predicted molar refractivity (Wildman–Crippen MR) is 125 cm³/mol. The maximum absolute atomic E-state index is 13.9. The number of halogens is 3. The Morgan fingerprint density at radius 2 is 1.34 bits per heavy atom. The number of alkyl halides is 3. The van der Waals surface area contributed by atoms with Crippen molar-refractivity contribution in [1.29, 1.82) is 0 Å². The van der Waals surface area contributed by atoms with Gasteiger partial charge in [-0.05, 0) is 70.8 Å². The van der Waals surface area contributed by atoms with Crippen LogP contribution < -0.4 is 0 Å². The van der Waals surface area contributed by atoms with Gasteiger partial charge in [-0.15, -0.1) is 0 Å². The summed E-state index contributed by atoms with van der Waals surface area (Å²) in [6, 6.07) is 24.9. The summed E-state index contributed by atoms with van der Waals surface area (Å²) < 4.78 is 41.6. The zero-order valence-electron chi connectivity index (χ0n) is 17.7.